The van der Waals surface area contributed by atoms with Crippen LogP contribution in [0.25, 0.3) is 0 Å². The summed E-state index contributed by atoms with van der Waals surface area (Å²) in [7, 11) is -3.03. The Balaban J connectivity index is 1.79. The highest BCUT2D eigenvalue weighted by Crippen LogP contribution is 2.28. The SMILES string of the molecule is CCCCCC(=O)C(NC(=O)C(c1ccccc1)N1CCCCC1)C1CCS(=O)(=O)CC1. The predicted octanol–water partition coefficient (Wildman–Crippen LogP) is 3.67. The summed E-state index contributed by atoms with van der Waals surface area (Å²) in [5.74, 6) is -0.0163. The Morgan fingerprint density at radius 2 is 1.69 bits per heavy atom. The number of likely N-dealkylation sites (tertiary alicyclic amines) is 1. The van der Waals surface area contributed by atoms with Crippen LogP contribution in [0.4, 0.5) is 0 Å². The number of carbonyl (C=O) groups is 2. The van der Waals surface area contributed by atoms with Gasteiger partial charge >= 0.3 is 0 Å². The number of nitrogens with one attached hydrogen (secondary N) is 1. The van der Waals surface area contributed by atoms with E-state index in [0.717, 1.165) is 50.8 Å². The molecule has 2 heterocycles. The van der Waals surface area contributed by atoms with Crippen molar-refractivity contribution in [3.8, 4) is 0 Å². The molecule has 2 aliphatic heterocycles. The third-order valence-corrected chi connectivity index (χ3v) is 8.58. The Hall–Kier alpha value is -1.73. The lowest BCUT2D eigenvalue weighted by Crippen LogP contribution is -2.52. The van der Waals surface area contributed by atoms with E-state index in [2.05, 4.69) is 17.1 Å². The maximum atomic E-state index is 13.6. The van der Waals surface area contributed by atoms with Crippen LogP contribution in [0.2, 0.25) is 0 Å². The highest BCUT2D eigenvalue weighted by Gasteiger charge is 2.37. The Morgan fingerprint density at radius 1 is 1.03 bits per heavy atom. The summed E-state index contributed by atoms with van der Waals surface area (Å²) in [5, 5.41) is 3.11. The molecule has 32 heavy (non-hydrogen) atoms. The Kier molecular flexibility index (Phi) is 9.29. The lowest BCUT2D eigenvalue weighted by molar-refractivity contribution is -0.133. The molecule has 0 saturated carbocycles. The molecule has 2 aliphatic rings. The molecule has 178 valence electrons. The van der Waals surface area contributed by atoms with Crippen molar-refractivity contribution < 1.29 is 18.0 Å². The fraction of sp³-hybridized carbons (Fsp3) is 0.680. The van der Waals surface area contributed by atoms with E-state index in [4.69, 9.17) is 0 Å². The molecule has 0 aliphatic carbocycles. The first kappa shape index (κ1) is 24.9. The largest absolute Gasteiger partial charge is 0.344 e. The lowest BCUT2D eigenvalue weighted by Gasteiger charge is -2.36. The number of Topliss-reactive ketones (excluding diaryl/α,β-unsaturated/α-hetero) is 1. The number of piperidine rings is 1. The first-order chi connectivity index (χ1) is 15.4. The fourth-order valence-electron chi connectivity index (χ4n) is 4.98. The molecule has 2 unspecified atom stereocenters. The van der Waals surface area contributed by atoms with E-state index >= 15 is 0 Å². The number of ketones is 1. The number of sulfone groups is 1. The third kappa shape index (κ3) is 6.88. The van der Waals surface area contributed by atoms with Crippen LogP contribution in [0.5, 0.6) is 0 Å². The Labute approximate surface area is 193 Å². The number of rotatable bonds is 10. The first-order valence-electron chi connectivity index (χ1n) is 12.2. The summed E-state index contributed by atoms with van der Waals surface area (Å²) in [6.07, 6.45) is 7.42. The van der Waals surface area contributed by atoms with E-state index in [-0.39, 0.29) is 29.1 Å². The van der Waals surface area contributed by atoms with Gasteiger partial charge in [-0.15, -0.1) is 0 Å². The molecule has 0 aromatic heterocycles. The molecule has 1 amide bonds. The minimum atomic E-state index is -3.03. The van der Waals surface area contributed by atoms with Crippen LogP contribution in [-0.2, 0) is 19.4 Å². The van der Waals surface area contributed by atoms with Crippen LogP contribution < -0.4 is 5.32 Å². The molecule has 0 bridgehead atoms. The van der Waals surface area contributed by atoms with Crippen LogP contribution in [-0.4, -0.2) is 55.6 Å². The predicted molar refractivity (Wildman–Crippen MR) is 127 cm³/mol. The fourth-order valence-corrected chi connectivity index (χ4v) is 6.51. The molecule has 1 aromatic carbocycles. The van der Waals surface area contributed by atoms with Crippen molar-refractivity contribution in [2.24, 2.45) is 5.92 Å². The number of benzene rings is 1. The lowest BCUT2D eigenvalue weighted by atomic mass is 9.88. The minimum absolute atomic E-state index is 0.0431. The zero-order chi connectivity index (χ0) is 23.0. The van der Waals surface area contributed by atoms with Gasteiger partial charge in [0, 0.05) is 6.42 Å². The standard InChI is InChI=1S/C25H38N2O4S/c1-2-3-6-13-22(28)23(20-14-18-32(30,31)19-15-20)26-25(29)24(21-11-7-4-8-12-21)27-16-9-5-10-17-27/h4,7-8,11-12,20,23-24H,2-3,5-6,9-10,13-19H2,1H3,(H,26,29). The van der Waals surface area contributed by atoms with E-state index in [1.807, 2.05) is 30.3 Å². The van der Waals surface area contributed by atoms with Crippen molar-refractivity contribution in [1.29, 1.82) is 0 Å². The van der Waals surface area contributed by atoms with Gasteiger partial charge in [0.15, 0.2) is 5.78 Å². The molecule has 1 aromatic rings. The van der Waals surface area contributed by atoms with Crippen LogP contribution >= 0.6 is 0 Å². The van der Waals surface area contributed by atoms with Crippen LogP contribution in [0.3, 0.4) is 0 Å². The summed E-state index contributed by atoms with van der Waals surface area (Å²) in [6.45, 7) is 3.83. The van der Waals surface area contributed by atoms with Gasteiger partial charge in [-0.3, -0.25) is 14.5 Å². The number of unbranched alkanes of at least 4 members (excludes halogenated alkanes) is 2. The maximum absolute atomic E-state index is 13.6. The number of carbonyl (C=O) groups excluding carboxylic acids is 2. The second-order valence-electron chi connectivity index (χ2n) is 9.31. The quantitative estimate of drug-likeness (QED) is 0.537. The molecule has 2 saturated heterocycles. The Bertz CT molecular complexity index is 836. The van der Waals surface area contributed by atoms with Crippen molar-refractivity contribution in [2.75, 3.05) is 24.6 Å². The number of hydrogen-bond donors (Lipinski definition) is 1. The molecule has 0 radical (unpaired) electrons. The first-order valence-corrected chi connectivity index (χ1v) is 14.1. The van der Waals surface area contributed by atoms with Gasteiger partial charge in [-0.05, 0) is 56.7 Å². The van der Waals surface area contributed by atoms with Crippen molar-refractivity contribution in [1.82, 2.24) is 10.2 Å². The second kappa shape index (κ2) is 11.9. The van der Waals surface area contributed by atoms with Crippen LogP contribution in [0.15, 0.2) is 30.3 Å². The molecule has 1 N–H and O–H groups in total. The van der Waals surface area contributed by atoms with Crippen molar-refractivity contribution in [2.45, 2.75) is 76.8 Å². The zero-order valence-electron chi connectivity index (χ0n) is 19.3. The highest BCUT2D eigenvalue weighted by atomic mass is 32.2. The summed E-state index contributed by atoms with van der Waals surface area (Å²) in [5.41, 5.74) is 0.940. The monoisotopic (exact) mass is 462 g/mol. The van der Waals surface area contributed by atoms with E-state index in [9.17, 15) is 18.0 Å². The van der Waals surface area contributed by atoms with Gasteiger partial charge in [-0.25, -0.2) is 8.42 Å². The topological polar surface area (TPSA) is 83.6 Å². The average Bonchev–Trinajstić information content (AvgIpc) is 2.79. The van der Waals surface area contributed by atoms with Gasteiger partial charge in [0.1, 0.15) is 15.9 Å². The average molecular weight is 463 g/mol. The molecule has 7 heteroatoms. The number of hydrogen-bond acceptors (Lipinski definition) is 5. The highest BCUT2D eigenvalue weighted by molar-refractivity contribution is 7.91. The summed E-state index contributed by atoms with van der Waals surface area (Å²) >= 11 is 0. The van der Waals surface area contributed by atoms with Crippen molar-refractivity contribution >= 4 is 21.5 Å². The van der Waals surface area contributed by atoms with E-state index < -0.39 is 21.9 Å². The molecular formula is C25H38N2O4S. The second-order valence-corrected chi connectivity index (χ2v) is 11.6. The maximum Gasteiger partial charge on any atom is 0.242 e. The summed E-state index contributed by atoms with van der Waals surface area (Å²) in [6, 6.07) is 8.75. The number of amides is 1. The van der Waals surface area contributed by atoms with Crippen molar-refractivity contribution in [3.05, 3.63) is 35.9 Å². The van der Waals surface area contributed by atoms with E-state index in [1.165, 1.54) is 6.42 Å². The minimum Gasteiger partial charge on any atom is -0.344 e. The number of nitrogens with zero attached hydrogens (tertiary/aromatic N) is 1. The molecule has 6 nitrogen and oxygen atoms in total. The van der Waals surface area contributed by atoms with Gasteiger partial charge < -0.3 is 5.32 Å². The van der Waals surface area contributed by atoms with Crippen molar-refractivity contribution in [3.63, 3.8) is 0 Å². The Morgan fingerprint density at radius 3 is 2.31 bits per heavy atom. The summed E-state index contributed by atoms with van der Waals surface area (Å²) in [4.78, 5) is 29.0. The van der Waals surface area contributed by atoms with Gasteiger partial charge in [0.05, 0.1) is 17.5 Å². The molecule has 2 fully saturated rings. The molecule has 0 spiro atoms. The molecular weight excluding hydrogens is 424 g/mol. The normalized spacial score (nSPS) is 21.5. The molecule has 2 atom stereocenters. The molecule has 3 rings (SSSR count). The van der Waals surface area contributed by atoms with Crippen LogP contribution in [0.1, 0.15) is 76.3 Å². The third-order valence-electron chi connectivity index (χ3n) is 6.86. The van der Waals surface area contributed by atoms with Crippen LogP contribution in [0, 0.1) is 5.92 Å². The van der Waals surface area contributed by atoms with Gasteiger partial charge in [-0.2, -0.15) is 0 Å². The van der Waals surface area contributed by atoms with E-state index in [0.29, 0.717) is 19.3 Å². The van der Waals surface area contributed by atoms with Gasteiger partial charge in [0.2, 0.25) is 5.91 Å². The summed E-state index contributed by atoms with van der Waals surface area (Å²) < 4.78 is 23.9. The van der Waals surface area contributed by atoms with E-state index in [1.54, 1.807) is 0 Å². The zero-order valence-corrected chi connectivity index (χ0v) is 20.1. The van der Waals surface area contributed by atoms with Gasteiger partial charge in [0.25, 0.3) is 0 Å². The smallest absolute Gasteiger partial charge is 0.242 e. The van der Waals surface area contributed by atoms with Gasteiger partial charge in [-0.1, -0.05) is 56.5 Å².